The highest BCUT2D eigenvalue weighted by Gasteiger charge is 2.13. The van der Waals surface area contributed by atoms with Crippen LogP contribution in [0.2, 0.25) is 0 Å². The molecule has 0 fully saturated rings. The molecule has 0 unspecified atom stereocenters. The molecule has 0 aromatic carbocycles. The number of anilines is 1. The summed E-state index contributed by atoms with van der Waals surface area (Å²) in [5.74, 6) is -0.190. The number of aromatic nitrogens is 2. The van der Waals surface area contributed by atoms with Gasteiger partial charge in [-0.25, -0.2) is 0 Å². The third-order valence-electron chi connectivity index (χ3n) is 3.19. The second-order valence-electron chi connectivity index (χ2n) is 4.72. The molecule has 0 saturated carbocycles. The summed E-state index contributed by atoms with van der Waals surface area (Å²) in [6.07, 6.45) is 9.77. The third kappa shape index (κ3) is 3.12. The smallest absolute Gasteiger partial charge is 0.273 e. The Kier molecular flexibility index (Phi) is 4.02. The van der Waals surface area contributed by atoms with Crippen LogP contribution in [0.4, 0.5) is 5.69 Å². The van der Waals surface area contributed by atoms with E-state index in [1.165, 1.54) is 31.3 Å². The summed E-state index contributed by atoms with van der Waals surface area (Å²) in [6.45, 7) is 0.653. The first-order valence-corrected chi connectivity index (χ1v) is 6.42. The Labute approximate surface area is 107 Å². The minimum atomic E-state index is -0.190. The van der Waals surface area contributed by atoms with E-state index in [1.807, 2.05) is 0 Å². The van der Waals surface area contributed by atoms with E-state index in [9.17, 15) is 4.79 Å². The number of nitrogens with two attached hydrogens (primary N) is 1. The Morgan fingerprint density at radius 3 is 3.00 bits per heavy atom. The van der Waals surface area contributed by atoms with Gasteiger partial charge < -0.3 is 11.1 Å². The second-order valence-corrected chi connectivity index (χ2v) is 4.72. The van der Waals surface area contributed by atoms with Crippen molar-refractivity contribution in [2.24, 2.45) is 7.05 Å². The highest BCUT2D eigenvalue weighted by atomic mass is 16.1. The summed E-state index contributed by atoms with van der Waals surface area (Å²) in [5, 5.41) is 6.91. The summed E-state index contributed by atoms with van der Waals surface area (Å²) >= 11 is 0. The fourth-order valence-electron chi connectivity index (χ4n) is 2.24. The predicted molar refractivity (Wildman–Crippen MR) is 71.1 cm³/mol. The molecule has 5 nitrogen and oxygen atoms in total. The molecule has 18 heavy (non-hydrogen) atoms. The Balaban J connectivity index is 1.81. The molecule has 98 valence electrons. The Hall–Kier alpha value is -1.78. The molecule has 0 aliphatic heterocycles. The van der Waals surface area contributed by atoms with E-state index >= 15 is 0 Å². The summed E-state index contributed by atoms with van der Waals surface area (Å²) in [7, 11) is 1.75. The first-order valence-electron chi connectivity index (χ1n) is 6.42. The number of allylic oxidation sites excluding steroid dienone is 1. The molecule has 1 aliphatic rings. The fourth-order valence-corrected chi connectivity index (χ4v) is 2.24. The van der Waals surface area contributed by atoms with E-state index in [4.69, 9.17) is 5.73 Å². The molecule has 1 aromatic heterocycles. The Morgan fingerprint density at radius 2 is 2.39 bits per heavy atom. The van der Waals surface area contributed by atoms with E-state index in [0.29, 0.717) is 17.9 Å². The van der Waals surface area contributed by atoms with Gasteiger partial charge in [0.2, 0.25) is 0 Å². The zero-order valence-corrected chi connectivity index (χ0v) is 10.8. The lowest BCUT2D eigenvalue weighted by Crippen LogP contribution is -2.26. The van der Waals surface area contributed by atoms with Gasteiger partial charge in [0.1, 0.15) is 0 Å². The maximum Gasteiger partial charge on any atom is 0.273 e. The van der Waals surface area contributed by atoms with Gasteiger partial charge in [-0.2, -0.15) is 5.10 Å². The number of nitrogen functional groups attached to an aromatic ring is 1. The number of rotatable bonds is 4. The SMILES string of the molecule is Cn1cc(N)c(C(=O)NCCC2=CCCCC2)n1. The van der Waals surface area contributed by atoms with E-state index < -0.39 is 0 Å². The van der Waals surface area contributed by atoms with Crippen molar-refractivity contribution in [3.63, 3.8) is 0 Å². The lowest BCUT2D eigenvalue weighted by molar-refractivity contribution is 0.0949. The summed E-state index contributed by atoms with van der Waals surface area (Å²) in [6, 6.07) is 0. The van der Waals surface area contributed by atoms with Crippen LogP contribution >= 0.6 is 0 Å². The summed E-state index contributed by atoms with van der Waals surface area (Å²) in [4.78, 5) is 11.8. The van der Waals surface area contributed by atoms with Crippen LogP contribution in [0.15, 0.2) is 17.8 Å². The first kappa shape index (κ1) is 12.7. The number of hydrogen-bond acceptors (Lipinski definition) is 3. The van der Waals surface area contributed by atoms with Crippen LogP contribution in [0.5, 0.6) is 0 Å². The van der Waals surface area contributed by atoms with Gasteiger partial charge in [0.25, 0.3) is 5.91 Å². The fraction of sp³-hybridized carbons (Fsp3) is 0.538. The molecule has 0 bridgehead atoms. The Bertz CT molecular complexity index is 462. The number of aryl methyl sites for hydroxylation is 1. The average molecular weight is 248 g/mol. The van der Waals surface area contributed by atoms with E-state index in [2.05, 4.69) is 16.5 Å². The Morgan fingerprint density at radius 1 is 1.56 bits per heavy atom. The largest absolute Gasteiger partial charge is 0.396 e. The number of nitrogens with zero attached hydrogens (tertiary/aromatic N) is 2. The van der Waals surface area contributed by atoms with Crippen LogP contribution in [0, 0.1) is 0 Å². The molecule has 0 radical (unpaired) electrons. The highest BCUT2D eigenvalue weighted by molar-refractivity contribution is 5.96. The van der Waals surface area contributed by atoms with Crippen molar-refractivity contribution in [2.75, 3.05) is 12.3 Å². The standard InChI is InChI=1S/C13H20N4O/c1-17-9-11(14)12(16-17)13(18)15-8-7-10-5-3-2-4-6-10/h5,9H,2-4,6-8,14H2,1H3,(H,15,18). The molecule has 0 spiro atoms. The molecule has 1 aliphatic carbocycles. The highest BCUT2D eigenvalue weighted by Crippen LogP contribution is 2.19. The zero-order valence-electron chi connectivity index (χ0n) is 10.8. The monoisotopic (exact) mass is 248 g/mol. The molecule has 3 N–H and O–H groups in total. The van der Waals surface area contributed by atoms with Crippen LogP contribution in [0.1, 0.15) is 42.6 Å². The van der Waals surface area contributed by atoms with Crippen molar-refractivity contribution in [1.29, 1.82) is 0 Å². The molecule has 0 saturated heterocycles. The van der Waals surface area contributed by atoms with Crippen LogP contribution in [0.3, 0.4) is 0 Å². The molecule has 2 rings (SSSR count). The molecule has 5 heteroatoms. The molecule has 1 aromatic rings. The van der Waals surface area contributed by atoms with Gasteiger partial charge in [0.15, 0.2) is 5.69 Å². The van der Waals surface area contributed by atoms with Crippen molar-refractivity contribution >= 4 is 11.6 Å². The van der Waals surface area contributed by atoms with Gasteiger partial charge in [-0.05, 0) is 32.1 Å². The van der Waals surface area contributed by atoms with Gasteiger partial charge in [-0.1, -0.05) is 11.6 Å². The minimum Gasteiger partial charge on any atom is -0.396 e. The zero-order chi connectivity index (χ0) is 13.0. The molecular weight excluding hydrogens is 228 g/mol. The summed E-state index contributed by atoms with van der Waals surface area (Å²) < 4.78 is 1.55. The lowest BCUT2D eigenvalue weighted by atomic mass is 9.97. The predicted octanol–water partition coefficient (Wildman–Crippen LogP) is 1.62. The van der Waals surface area contributed by atoms with Gasteiger partial charge >= 0.3 is 0 Å². The maximum atomic E-state index is 11.8. The number of carbonyl (C=O) groups is 1. The minimum absolute atomic E-state index is 0.190. The van der Waals surface area contributed by atoms with Crippen molar-refractivity contribution in [3.8, 4) is 0 Å². The first-order chi connectivity index (χ1) is 8.66. The van der Waals surface area contributed by atoms with Crippen molar-refractivity contribution in [1.82, 2.24) is 15.1 Å². The third-order valence-corrected chi connectivity index (χ3v) is 3.19. The van der Waals surface area contributed by atoms with Crippen molar-refractivity contribution < 1.29 is 4.79 Å². The van der Waals surface area contributed by atoms with E-state index in [0.717, 1.165) is 6.42 Å². The number of carbonyl (C=O) groups excluding carboxylic acids is 1. The van der Waals surface area contributed by atoms with Gasteiger partial charge in [-0.3, -0.25) is 9.48 Å². The van der Waals surface area contributed by atoms with E-state index in [1.54, 1.807) is 17.9 Å². The van der Waals surface area contributed by atoms with Crippen LogP contribution in [-0.4, -0.2) is 22.2 Å². The van der Waals surface area contributed by atoms with Crippen LogP contribution in [-0.2, 0) is 7.05 Å². The average Bonchev–Trinajstić information content (AvgIpc) is 2.70. The maximum absolute atomic E-state index is 11.8. The van der Waals surface area contributed by atoms with Crippen molar-refractivity contribution in [2.45, 2.75) is 32.1 Å². The molecule has 1 heterocycles. The molecular formula is C13H20N4O. The van der Waals surface area contributed by atoms with Crippen molar-refractivity contribution in [3.05, 3.63) is 23.5 Å². The van der Waals surface area contributed by atoms with Crippen LogP contribution < -0.4 is 11.1 Å². The molecule has 0 atom stereocenters. The van der Waals surface area contributed by atoms with Crippen LogP contribution in [0.25, 0.3) is 0 Å². The number of hydrogen-bond donors (Lipinski definition) is 2. The van der Waals surface area contributed by atoms with Gasteiger partial charge in [0, 0.05) is 19.8 Å². The number of nitrogens with one attached hydrogen (secondary N) is 1. The van der Waals surface area contributed by atoms with Gasteiger partial charge in [0.05, 0.1) is 5.69 Å². The second kappa shape index (κ2) is 5.71. The number of amides is 1. The quantitative estimate of drug-likeness (QED) is 0.795. The topological polar surface area (TPSA) is 72.9 Å². The molecule has 1 amide bonds. The summed E-state index contributed by atoms with van der Waals surface area (Å²) in [5.41, 5.74) is 7.89. The van der Waals surface area contributed by atoms with Gasteiger partial charge in [-0.15, -0.1) is 0 Å². The lowest BCUT2D eigenvalue weighted by Gasteiger charge is -2.12. The normalized spacial score (nSPS) is 15.3. The van der Waals surface area contributed by atoms with E-state index in [-0.39, 0.29) is 5.91 Å².